The summed E-state index contributed by atoms with van der Waals surface area (Å²) in [5.41, 5.74) is 10.7. The van der Waals surface area contributed by atoms with Gasteiger partial charge in [-0.25, -0.2) is 24.4 Å². The first-order chi connectivity index (χ1) is 20.6. The molecule has 3 saturated heterocycles. The summed E-state index contributed by atoms with van der Waals surface area (Å²) in [5.74, 6) is -6.67. The molecular formula is C22H28N10O10S2. The standard InChI is InChI=1S/C22H28N10O10S2/c1-21(2,17(37)38)42-29-10(9-7-43-19(24)26-9)12(33)27-11-15(36)30-8-22(18(39)40,44-16(11)30)31-5-6-32(20(31)41)28-14(35)13(34)25-4-3-23/h7,11,16H,3-6,8,23H2,1-2H3,(H2,24,26)(H,25,34)(H,27,33)(H,28,35)(H,37,38)(H,39,40)/b29-10-/t11?,16-,22-/m1/s1. The molecule has 0 bridgehead atoms. The van der Waals surface area contributed by atoms with E-state index in [2.05, 4.69) is 26.2 Å². The van der Waals surface area contributed by atoms with Gasteiger partial charge >= 0.3 is 29.8 Å². The molecule has 3 fully saturated rings. The van der Waals surface area contributed by atoms with Gasteiger partial charge in [0.2, 0.25) is 16.4 Å². The number of oxime groups is 1. The lowest BCUT2D eigenvalue weighted by molar-refractivity contribution is -0.161. The molecule has 4 heterocycles. The number of nitrogens with zero attached hydrogens (tertiary/aromatic N) is 5. The molecule has 0 spiro atoms. The lowest BCUT2D eigenvalue weighted by Gasteiger charge is -2.41. The molecule has 1 aromatic rings. The van der Waals surface area contributed by atoms with Gasteiger partial charge in [0.1, 0.15) is 17.1 Å². The summed E-state index contributed by atoms with van der Waals surface area (Å²) in [5, 5.41) is 29.2. The number of thiazole rings is 1. The van der Waals surface area contributed by atoms with Crippen molar-refractivity contribution in [2.24, 2.45) is 10.9 Å². The first-order valence-electron chi connectivity index (χ1n) is 12.7. The molecule has 3 aliphatic heterocycles. The highest BCUT2D eigenvalue weighted by molar-refractivity contribution is 8.02. The number of aliphatic carboxylic acids is 2. The molecule has 0 aromatic carbocycles. The first-order valence-corrected chi connectivity index (χ1v) is 14.5. The number of rotatable bonds is 11. The molecule has 3 atom stereocenters. The summed E-state index contributed by atoms with van der Waals surface area (Å²) >= 11 is 1.69. The van der Waals surface area contributed by atoms with Gasteiger partial charge in [-0.1, -0.05) is 16.9 Å². The van der Waals surface area contributed by atoms with Crippen LogP contribution in [0.1, 0.15) is 19.5 Å². The number of hydrogen-bond donors (Lipinski definition) is 7. The Morgan fingerprint density at radius 2 is 1.89 bits per heavy atom. The summed E-state index contributed by atoms with van der Waals surface area (Å²) < 4.78 is 0. The van der Waals surface area contributed by atoms with Crippen molar-refractivity contribution in [3.05, 3.63) is 11.1 Å². The number of carboxylic acids is 2. The van der Waals surface area contributed by atoms with Gasteiger partial charge in [-0.05, 0) is 13.8 Å². The molecule has 0 aliphatic carbocycles. The molecule has 3 aliphatic rings. The van der Waals surface area contributed by atoms with E-state index in [0.29, 0.717) is 0 Å². The van der Waals surface area contributed by atoms with Crippen LogP contribution in [0.2, 0.25) is 0 Å². The molecule has 6 amide bonds. The van der Waals surface area contributed by atoms with Crippen molar-refractivity contribution in [2.75, 3.05) is 38.5 Å². The number of nitrogens with two attached hydrogens (primary N) is 2. The first kappa shape index (κ1) is 32.2. The van der Waals surface area contributed by atoms with Crippen LogP contribution < -0.4 is 27.5 Å². The van der Waals surface area contributed by atoms with Crippen LogP contribution in [0.15, 0.2) is 10.5 Å². The number of carbonyl (C=O) groups excluding carboxylic acids is 5. The van der Waals surface area contributed by atoms with E-state index >= 15 is 0 Å². The molecule has 238 valence electrons. The zero-order chi connectivity index (χ0) is 32.6. The van der Waals surface area contributed by atoms with Crippen LogP contribution in [0.4, 0.5) is 9.93 Å². The van der Waals surface area contributed by atoms with Crippen LogP contribution in [0.5, 0.6) is 0 Å². The normalized spacial score (nSPS) is 23.2. The van der Waals surface area contributed by atoms with Crippen LogP contribution in [-0.4, -0.2) is 132 Å². The van der Waals surface area contributed by atoms with Gasteiger partial charge in [0.25, 0.3) is 5.91 Å². The number of anilines is 1. The Kier molecular flexibility index (Phi) is 8.88. The van der Waals surface area contributed by atoms with E-state index in [1.165, 1.54) is 24.1 Å². The molecule has 9 N–H and O–H groups in total. The number of fused-ring (bicyclic) bond motifs is 1. The number of amides is 6. The van der Waals surface area contributed by atoms with E-state index in [1.807, 2.05) is 0 Å². The average Bonchev–Trinajstić information content (AvgIpc) is 3.66. The minimum absolute atomic E-state index is 0.0204. The number of hydrazine groups is 1. The van der Waals surface area contributed by atoms with Crippen molar-refractivity contribution in [2.45, 2.75) is 35.7 Å². The van der Waals surface area contributed by atoms with Crippen LogP contribution in [0, 0.1) is 0 Å². The zero-order valence-corrected chi connectivity index (χ0v) is 24.8. The number of nitrogens with one attached hydrogen (secondary N) is 3. The third-order valence-corrected chi connectivity index (χ3v) is 9.00. The number of aromatic nitrogens is 1. The highest BCUT2D eigenvalue weighted by Crippen LogP contribution is 2.49. The van der Waals surface area contributed by atoms with E-state index in [9.17, 15) is 43.8 Å². The SMILES string of the molecule is CC(C)(O/N=C(\C(=O)NC1C(=O)N2C[C@@](C(=O)O)(N3CCN(NC(=O)C(=O)NCCN)C3=O)S[C@H]12)c1csc(N)n1)C(=O)O. The average molecular weight is 657 g/mol. The van der Waals surface area contributed by atoms with Gasteiger partial charge < -0.3 is 42.1 Å². The van der Waals surface area contributed by atoms with Crippen molar-refractivity contribution < 1.29 is 48.6 Å². The lowest BCUT2D eigenvalue weighted by Crippen LogP contribution is -2.68. The summed E-state index contributed by atoms with van der Waals surface area (Å²) in [6, 6.07) is -2.19. The number of carbonyl (C=O) groups is 7. The highest BCUT2D eigenvalue weighted by Gasteiger charge is 2.66. The molecule has 22 heteroatoms. The Balaban J connectivity index is 1.49. The summed E-state index contributed by atoms with van der Waals surface area (Å²) in [4.78, 5) is 96.6. The van der Waals surface area contributed by atoms with Gasteiger partial charge in [-0.2, -0.15) is 0 Å². The van der Waals surface area contributed by atoms with E-state index in [4.69, 9.17) is 16.3 Å². The van der Waals surface area contributed by atoms with Crippen molar-refractivity contribution in [1.82, 2.24) is 35.9 Å². The predicted molar refractivity (Wildman–Crippen MR) is 150 cm³/mol. The topological polar surface area (TPSA) is 292 Å². The molecule has 44 heavy (non-hydrogen) atoms. The molecule has 1 aromatic heterocycles. The monoisotopic (exact) mass is 656 g/mol. The fourth-order valence-corrected chi connectivity index (χ4v) is 6.42. The number of thioether (sulfide) groups is 1. The van der Waals surface area contributed by atoms with Crippen LogP contribution in [0.25, 0.3) is 0 Å². The molecule has 0 saturated carbocycles. The van der Waals surface area contributed by atoms with Gasteiger partial charge in [-0.3, -0.25) is 29.5 Å². The molecule has 1 unspecified atom stereocenters. The smallest absolute Gasteiger partial charge is 0.350 e. The third-order valence-electron chi connectivity index (χ3n) is 6.64. The highest BCUT2D eigenvalue weighted by atomic mass is 32.2. The fourth-order valence-electron chi connectivity index (χ4n) is 4.23. The van der Waals surface area contributed by atoms with Crippen molar-refractivity contribution in [1.29, 1.82) is 0 Å². The maximum atomic E-state index is 13.3. The second-order valence-corrected chi connectivity index (χ2v) is 12.3. The molecule has 4 rings (SSSR count). The zero-order valence-electron chi connectivity index (χ0n) is 23.1. The number of urea groups is 1. The van der Waals surface area contributed by atoms with E-state index in [0.717, 1.165) is 33.0 Å². The quantitative estimate of drug-likeness (QED) is 0.0523. The Morgan fingerprint density at radius 3 is 2.48 bits per heavy atom. The van der Waals surface area contributed by atoms with Crippen molar-refractivity contribution in [3.8, 4) is 0 Å². The van der Waals surface area contributed by atoms with E-state index in [1.54, 1.807) is 0 Å². The number of hydrogen-bond acceptors (Lipinski definition) is 14. The van der Waals surface area contributed by atoms with Gasteiger partial charge in [0.05, 0.1) is 13.1 Å². The van der Waals surface area contributed by atoms with Gasteiger partial charge in [0, 0.05) is 25.0 Å². The van der Waals surface area contributed by atoms with E-state index < -0.39 is 75.7 Å². The van der Waals surface area contributed by atoms with E-state index in [-0.39, 0.29) is 37.0 Å². The lowest BCUT2D eigenvalue weighted by atomic mass is 10.1. The fraction of sp³-hybridized carbons (Fsp3) is 0.500. The Hall–Kier alpha value is -4.70. The minimum Gasteiger partial charge on any atom is -0.479 e. The van der Waals surface area contributed by atoms with Crippen LogP contribution in [0.3, 0.4) is 0 Å². The minimum atomic E-state index is -1.99. The number of carboxylic acid groups (broad SMARTS) is 2. The van der Waals surface area contributed by atoms with Crippen molar-refractivity contribution in [3.63, 3.8) is 0 Å². The Labute approximate surface area is 256 Å². The number of nitrogen functional groups attached to an aromatic ring is 1. The van der Waals surface area contributed by atoms with Crippen LogP contribution in [-0.2, 0) is 33.6 Å². The largest absolute Gasteiger partial charge is 0.479 e. The van der Waals surface area contributed by atoms with Gasteiger partial charge in [0.15, 0.2) is 10.8 Å². The Morgan fingerprint density at radius 1 is 1.18 bits per heavy atom. The maximum Gasteiger partial charge on any atom is 0.350 e. The molecule has 0 radical (unpaired) electrons. The van der Waals surface area contributed by atoms with Gasteiger partial charge in [-0.15, -0.1) is 11.3 Å². The van der Waals surface area contributed by atoms with Crippen molar-refractivity contribution >= 4 is 75.5 Å². The second kappa shape index (κ2) is 12.1. The summed E-state index contributed by atoms with van der Waals surface area (Å²) in [7, 11) is 0. The molecule has 20 nitrogen and oxygen atoms in total. The maximum absolute atomic E-state index is 13.3. The number of β-lactam (4-membered cyclic amide) rings is 1. The summed E-state index contributed by atoms with van der Waals surface area (Å²) in [6.45, 7) is 1.72. The predicted octanol–water partition coefficient (Wildman–Crippen LogP) is -3.67. The molecular weight excluding hydrogens is 628 g/mol. The summed E-state index contributed by atoms with van der Waals surface area (Å²) in [6.07, 6.45) is 0. The van der Waals surface area contributed by atoms with Crippen LogP contribution >= 0.6 is 23.1 Å². The Bertz CT molecular complexity index is 1450. The second-order valence-electron chi connectivity index (χ2n) is 10.0. The third kappa shape index (κ3) is 5.90.